The number of benzene rings is 2. The lowest BCUT2D eigenvalue weighted by Gasteiger charge is -2.10. The van der Waals surface area contributed by atoms with Gasteiger partial charge in [0, 0.05) is 23.2 Å². The van der Waals surface area contributed by atoms with Crippen molar-refractivity contribution in [2.45, 2.75) is 39.0 Å². The van der Waals surface area contributed by atoms with Gasteiger partial charge in [0.05, 0.1) is 0 Å². The van der Waals surface area contributed by atoms with Gasteiger partial charge >= 0.3 is 5.63 Å². The normalized spacial score (nSPS) is 12.8. The van der Waals surface area contributed by atoms with Gasteiger partial charge in [-0.3, -0.25) is 4.79 Å². The average Bonchev–Trinajstić information content (AvgIpc) is 3.14. The first kappa shape index (κ1) is 18.3. The van der Waals surface area contributed by atoms with E-state index in [1.807, 2.05) is 18.2 Å². The Kier molecular flexibility index (Phi) is 5.15. The van der Waals surface area contributed by atoms with Crippen molar-refractivity contribution in [2.24, 2.45) is 0 Å². The Labute approximate surface area is 163 Å². The van der Waals surface area contributed by atoms with E-state index < -0.39 is 0 Å². The minimum absolute atomic E-state index is 0.110. The van der Waals surface area contributed by atoms with Gasteiger partial charge in [0.15, 0.2) is 6.61 Å². The van der Waals surface area contributed by atoms with Gasteiger partial charge in [-0.15, -0.1) is 0 Å². The van der Waals surface area contributed by atoms with Crippen molar-refractivity contribution in [2.75, 3.05) is 11.9 Å². The highest BCUT2D eigenvalue weighted by Gasteiger charge is 2.12. The molecule has 1 N–H and O–H groups in total. The molecule has 144 valence electrons. The third kappa shape index (κ3) is 3.93. The first-order valence-corrected chi connectivity index (χ1v) is 9.73. The fourth-order valence-corrected chi connectivity index (χ4v) is 3.77. The molecule has 5 nitrogen and oxygen atoms in total. The fourth-order valence-electron chi connectivity index (χ4n) is 3.77. The van der Waals surface area contributed by atoms with E-state index in [1.165, 1.54) is 23.6 Å². The zero-order chi connectivity index (χ0) is 19.5. The van der Waals surface area contributed by atoms with Crippen LogP contribution in [0.2, 0.25) is 0 Å². The molecule has 1 aromatic heterocycles. The second kappa shape index (κ2) is 7.89. The molecule has 0 aliphatic heterocycles. The largest absolute Gasteiger partial charge is 0.484 e. The minimum Gasteiger partial charge on any atom is -0.484 e. The van der Waals surface area contributed by atoms with Crippen molar-refractivity contribution in [1.82, 2.24) is 0 Å². The molecule has 5 heteroatoms. The standard InChI is InChI=1S/C23H23NO4/c1-2-4-17-12-23(26)28-21-13-19(9-10-20(17)21)27-14-22(25)24-18-8-7-15-5-3-6-16(15)11-18/h7-13H,2-6,14H2,1H3,(H,24,25). The van der Waals surface area contributed by atoms with Gasteiger partial charge in [-0.1, -0.05) is 19.4 Å². The predicted octanol–water partition coefficient (Wildman–Crippen LogP) is 4.25. The molecule has 1 amide bonds. The molecular weight excluding hydrogens is 354 g/mol. The number of nitrogens with one attached hydrogen (secondary N) is 1. The first-order chi connectivity index (χ1) is 13.6. The average molecular weight is 377 g/mol. The van der Waals surface area contributed by atoms with Crippen LogP contribution in [0.3, 0.4) is 0 Å². The van der Waals surface area contributed by atoms with Crippen LogP contribution in [0.25, 0.3) is 11.0 Å². The van der Waals surface area contributed by atoms with Crippen LogP contribution < -0.4 is 15.7 Å². The van der Waals surface area contributed by atoms with Crippen molar-refractivity contribution in [1.29, 1.82) is 0 Å². The summed E-state index contributed by atoms with van der Waals surface area (Å²) in [4.78, 5) is 24.0. The maximum absolute atomic E-state index is 12.2. The van der Waals surface area contributed by atoms with Crippen LogP contribution >= 0.6 is 0 Å². The number of anilines is 1. The SMILES string of the molecule is CCCc1cc(=O)oc2cc(OCC(=O)Nc3ccc4c(c3)CCC4)ccc12. The number of hydrogen-bond donors (Lipinski definition) is 1. The molecule has 0 saturated heterocycles. The maximum Gasteiger partial charge on any atom is 0.336 e. The molecule has 0 fully saturated rings. The van der Waals surface area contributed by atoms with E-state index >= 15 is 0 Å². The zero-order valence-corrected chi connectivity index (χ0v) is 15.9. The molecule has 0 radical (unpaired) electrons. The monoisotopic (exact) mass is 377 g/mol. The Morgan fingerprint density at radius 2 is 1.96 bits per heavy atom. The van der Waals surface area contributed by atoms with E-state index in [0.717, 1.165) is 42.3 Å². The Morgan fingerprint density at radius 3 is 2.82 bits per heavy atom. The minimum atomic E-state index is -0.373. The van der Waals surface area contributed by atoms with Crippen LogP contribution in [0, 0.1) is 0 Å². The molecule has 1 aliphatic carbocycles. The Bertz CT molecular complexity index is 1080. The summed E-state index contributed by atoms with van der Waals surface area (Å²) in [6.45, 7) is 1.96. The van der Waals surface area contributed by atoms with Gasteiger partial charge in [0.2, 0.25) is 0 Å². The predicted molar refractivity (Wildman–Crippen MR) is 109 cm³/mol. The summed E-state index contributed by atoms with van der Waals surface area (Å²) < 4.78 is 10.9. The van der Waals surface area contributed by atoms with Gasteiger partial charge in [0.1, 0.15) is 11.3 Å². The summed E-state index contributed by atoms with van der Waals surface area (Å²) in [5.74, 6) is 0.271. The quantitative estimate of drug-likeness (QED) is 0.652. The Balaban J connectivity index is 1.43. The summed E-state index contributed by atoms with van der Waals surface area (Å²) in [6, 6.07) is 12.9. The van der Waals surface area contributed by atoms with Crippen molar-refractivity contribution in [3.8, 4) is 5.75 Å². The summed E-state index contributed by atoms with van der Waals surface area (Å²) >= 11 is 0. The maximum atomic E-state index is 12.2. The first-order valence-electron chi connectivity index (χ1n) is 9.73. The van der Waals surface area contributed by atoms with E-state index in [9.17, 15) is 9.59 Å². The lowest BCUT2D eigenvalue weighted by atomic mass is 10.1. The van der Waals surface area contributed by atoms with Crippen LogP contribution in [0.15, 0.2) is 51.7 Å². The van der Waals surface area contributed by atoms with E-state index in [1.54, 1.807) is 12.1 Å². The van der Waals surface area contributed by atoms with Crippen molar-refractivity contribution >= 4 is 22.6 Å². The van der Waals surface area contributed by atoms with Crippen molar-refractivity contribution in [3.63, 3.8) is 0 Å². The summed E-state index contributed by atoms with van der Waals surface area (Å²) in [6.07, 6.45) is 5.11. The molecule has 1 aliphatic rings. The van der Waals surface area contributed by atoms with Gasteiger partial charge in [-0.25, -0.2) is 4.79 Å². The Hall–Kier alpha value is -3.08. The smallest absolute Gasteiger partial charge is 0.336 e. The third-order valence-electron chi connectivity index (χ3n) is 5.07. The number of amides is 1. The van der Waals surface area contributed by atoms with Crippen LogP contribution in [0.1, 0.15) is 36.5 Å². The van der Waals surface area contributed by atoms with Gasteiger partial charge < -0.3 is 14.5 Å². The molecule has 2 aromatic carbocycles. The molecule has 0 saturated carbocycles. The molecule has 1 heterocycles. The molecule has 4 rings (SSSR count). The van der Waals surface area contributed by atoms with Gasteiger partial charge in [-0.2, -0.15) is 0 Å². The van der Waals surface area contributed by atoms with Crippen molar-refractivity contribution < 1.29 is 13.9 Å². The molecule has 0 unspecified atom stereocenters. The lowest BCUT2D eigenvalue weighted by molar-refractivity contribution is -0.118. The number of ether oxygens (including phenoxy) is 1. The topological polar surface area (TPSA) is 68.5 Å². The molecule has 0 spiro atoms. The van der Waals surface area contributed by atoms with Crippen LogP contribution in [0.4, 0.5) is 5.69 Å². The number of fused-ring (bicyclic) bond motifs is 2. The van der Waals surface area contributed by atoms with Gasteiger partial charge in [-0.05, 0) is 66.6 Å². The molecule has 0 bridgehead atoms. The van der Waals surface area contributed by atoms with Crippen LogP contribution in [-0.4, -0.2) is 12.5 Å². The highest BCUT2D eigenvalue weighted by atomic mass is 16.5. The fraction of sp³-hybridized carbons (Fsp3) is 0.304. The van der Waals surface area contributed by atoms with Crippen LogP contribution in [0.5, 0.6) is 5.75 Å². The molecular formula is C23H23NO4. The van der Waals surface area contributed by atoms with Crippen molar-refractivity contribution in [3.05, 3.63) is 69.6 Å². The second-order valence-corrected chi connectivity index (χ2v) is 7.17. The van der Waals surface area contributed by atoms with E-state index in [0.29, 0.717) is 11.3 Å². The van der Waals surface area contributed by atoms with E-state index in [-0.39, 0.29) is 18.1 Å². The van der Waals surface area contributed by atoms with Crippen LogP contribution in [-0.2, 0) is 24.1 Å². The number of aryl methyl sites for hydroxylation is 3. The number of rotatable bonds is 6. The summed E-state index contributed by atoms with van der Waals surface area (Å²) in [5, 5.41) is 3.78. The molecule has 0 atom stereocenters. The number of hydrogen-bond acceptors (Lipinski definition) is 4. The summed E-state index contributed by atoms with van der Waals surface area (Å²) in [5.41, 5.74) is 4.55. The van der Waals surface area contributed by atoms with E-state index in [2.05, 4.69) is 18.3 Å². The molecule has 28 heavy (non-hydrogen) atoms. The highest BCUT2D eigenvalue weighted by Crippen LogP contribution is 2.25. The zero-order valence-electron chi connectivity index (χ0n) is 15.9. The third-order valence-corrected chi connectivity index (χ3v) is 5.07. The second-order valence-electron chi connectivity index (χ2n) is 7.17. The highest BCUT2D eigenvalue weighted by molar-refractivity contribution is 5.92. The van der Waals surface area contributed by atoms with E-state index in [4.69, 9.17) is 9.15 Å². The molecule has 3 aromatic rings. The number of carbonyl (C=O) groups excluding carboxylic acids is 1. The Morgan fingerprint density at radius 1 is 1.11 bits per heavy atom. The summed E-state index contributed by atoms with van der Waals surface area (Å²) in [7, 11) is 0. The van der Waals surface area contributed by atoms with Gasteiger partial charge in [0.25, 0.3) is 5.91 Å². The lowest BCUT2D eigenvalue weighted by Crippen LogP contribution is -2.20. The number of carbonyl (C=O) groups is 1.